The van der Waals surface area contributed by atoms with Crippen LogP contribution in [0.4, 0.5) is 0 Å². The van der Waals surface area contributed by atoms with E-state index in [0.29, 0.717) is 12.5 Å². The number of carbonyl (C=O) groups is 2. The number of nitrogens with zero attached hydrogens (tertiary/aromatic N) is 1. The highest BCUT2D eigenvalue weighted by Crippen LogP contribution is 2.33. The summed E-state index contributed by atoms with van der Waals surface area (Å²) in [6.45, 7) is 6.63. The Morgan fingerprint density at radius 2 is 2.12 bits per heavy atom. The summed E-state index contributed by atoms with van der Waals surface area (Å²) in [6, 6.07) is 0. The molecule has 1 unspecified atom stereocenters. The number of amides is 1. The average molecular weight is 228 g/mol. The molecule has 2 N–H and O–H groups in total. The lowest BCUT2D eigenvalue weighted by Gasteiger charge is -2.31. The molecule has 0 saturated carbocycles. The van der Waals surface area contributed by atoms with E-state index in [1.807, 2.05) is 0 Å². The monoisotopic (exact) mass is 228 g/mol. The number of carbonyl (C=O) groups excluding carboxylic acids is 1. The highest BCUT2D eigenvalue weighted by atomic mass is 16.4. The van der Waals surface area contributed by atoms with Gasteiger partial charge in [-0.05, 0) is 31.3 Å². The van der Waals surface area contributed by atoms with Gasteiger partial charge in [0.1, 0.15) is 0 Å². The van der Waals surface area contributed by atoms with E-state index < -0.39 is 11.9 Å². The minimum Gasteiger partial charge on any atom is -0.474 e. The van der Waals surface area contributed by atoms with Crippen molar-refractivity contribution in [2.75, 3.05) is 26.7 Å². The van der Waals surface area contributed by atoms with E-state index in [4.69, 9.17) is 5.11 Å². The van der Waals surface area contributed by atoms with Gasteiger partial charge in [-0.2, -0.15) is 0 Å². The third-order valence-corrected chi connectivity index (χ3v) is 3.40. The Balaban J connectivity index is 2.45. The summed E-state index contributed by atoms with van der Waals surface area (Å²) in [6.07, 6.45) is 1.10. The zero-order chi connectivity index (χ0) is 12.3. The number of nitrogens with one attached hydrogen (secondary N) is 1. The van der Waals surface area contributed by atoms with Crippen molar-refractivity contribution in [1.82, 2.24) is 10.2 Å². The number of carboxylic acids is 1. The molecule has 5 nitrogen and oxygen atoms in total. The van der Waals surface area contributed by atoms with Crippen molar-refractivity contribution in [2.24, 2.45) is 11.3 Å². The Hall–Kier alpha value is -1.10. The maximum Gasteiger partial charge on any atom is 0.394 e. The molecule has 0 aromatic heterocycles. The van der Waals surface area contributed by atoms with Crippen LogP contribution >= 0.6 is 0 Å². The number of hydrogen-bond acceptors (Lipinski definition) is 3. The molecule has 0 aliphatic carbocycles. The normalized spacial score (nSPS) is 22.1. The molecule has 16 heavy (non-hydrogen) atoms. The van der Waals surface area contributed by atoms with E-state index in [1.165, 1.54) is 0 Å². The Morgan fingerprint density at radius 1 is 1.50 bits per heavy atom. The number of carboxylic acid groups (broad SMARTS) is 1. The summed E-state index contributed by atoms with van der Waals surface area (Å²) in [5.74, 6) is -1.83. The number of likely N-dealkylation sites (tertiary alicyclic amines) is 1. The SMILES string of the molecule is CN1CCC(C(C)(C)CNC(=O)C(=O)O)C1. The second-order valence-corrected chi connectivity index (χ2v) is 5.22. The molecular weight excluding hydrogens is 208 g/mol. The summed E-state index contributed by atoms with van der Waals surface area (Å²) in [5.41, 5.74) is -0.0597. The van der Waals surface area contributed by atoms with Gasteiger partial charge in [0.15, 0.2) is 0 Å². The highest BCUT2D eigenvalue weighted by Gasteiger charge is 2.34. The van der Waals surface area contributed by atoms with Crippen LogP contribution in [0.5, 0.6) is 0 Å². The van der Waals surface area contributed by atoms with Gasteiger partial charge in [0.2, 0.25) is 0 Å². The summed E-state index contributed by atoms with van der Waals surface area (Å²) in [7, 11) is 2.08. The van der Waals surface area contributed by atoms with Crippen LogP contribution in [-0.2, 0) is 9.59 Å². The van der Waals surface area contributed by atoms with Crippen molar-refractivity contribution in [3.05, 3.63) is 0 Å². The molecule has 5 heteroatoms. The van der Waals surface area contributed by atoms with E-state index >= 15 is 0 Å². The first-order valence-electron chi connectivity index (χ1n) is 5.52. The number of hydrogen-bond donors (Lipinski definition) is 2. The Kier molecular flexibility index (Phi) is 3.91. The molecule has 1 atom stereocenters. The van der Waals surface area contributed by atoms with Gasteiger partial charge in [-0.3, -0.25) is 4.79 Å². The third kappa shape index (κ3) is 3.20. The lowest BCUT2D eigenvalue weighted by atomic mass is 9.78. The summed E-state index contributed by atoms with van der Waals surface area (Å²) < 4.78 is 0. The molecule has 1 aliphatic heterocycles. The minimum absolute atomic E-state index is 0.0597. The summed E-state index contributed by atoms with van der Waals surface area (Å²) in [5, 5.41) is 10.9. The first kappa shape index (κ1) is 13.0. The smallest absolute Gasteiger partial charge is 0.394 e. The van der Waals surface area contributed by atoms with Crippen LogP contribution in [0.25, 0.3) is 0 Å². The fraction of sp³-hybridized carbons (Fsp3) is 0.818. The lowest BCUT2D eigenvalue weighted by Crippen LogP contribution is -2.41. The first-order chi connectivity index (χ1) is 7.33. The van der Waals surface area contributed by atoms with Crippen molar-refractivity contribution in [1.29, 1.82) is 0 Å². The first-order valence-corrected chi connectivity index (χ1v) is 5.52. The molecule has 1 rings (SSSR count). The average Bonchev–Trinajstić information content (AvgIpc) is 2.61. The fourth-order valence-electron chi connectivity index (χ4n) is 2.10. The van der Waals surface area contributed by atoms with Crippen LogP contribution in [0.2, 0.25) is 0 Å². The third-order valence-electron chi connectivity index (χ3n) is 3.40. The van der Waals surface area contributed by atoms with Gasteiger partial charge >= 0.3 is 11.9 Å². The predicted octanol–water partition coefficient (Wildman–Crippen LogP) is 0.165. The zero-order valence-corrected chi connectivity index (χ0v) is 10.1. The van der Waals surface area contributed by atoms with Crippen molar-refractivity contribution >= 4 is 11.9 Å². The molecule has 92 valence electrons. The Morgan fingerprint density at radius 3 is 2.56 bits per heavy atom. The van der Waals surface area contributed by atoms with E-state index in [1.54, 1.807) is 0 Å². The van der Waals surface area contributed by atoms with Crippen LogP contribution < -0.4 is 5.32 Å². The van der Waals surface area contributed by atoms with Crippen LogP contribution in [0.15, 0.2) is 0 Å². The molecule has 1 saturated heterocycles. The van der Waals surface area contributed by atoms with E-state index in [0.717, 1.165) is 19.5 Å². The standard InChI is InChI=1S/C11H20N2O3/c1-11(2,7-12-9(14)10(15)16)8-4-5-13(3)6-8/h8H,4-7H2,1-3H3,(H,12,14)(H,15,16). The molecule has 0 bridgehead atoms. The quantitative estimate of drug-likeness (QED) is 0.675. The molecule has 0 spiro atoms. The van der Waals surface area contributed by atoms with Crippen LogP contribution in [0.1, 0.15) is 20.3 Å². The topological polar surface area (TPSA) is 69.6 Å². The van der Waals surface area contributed by atoms with E-state index in [2.05, 4.69) is 31.1 Å². The highest BCUT2D eigenvalue weighted by molar-refractivity contribution is 6.31. The molecule has 0 aromatic carbocycles. The van der Waals surface area contributed by atoms with Gasteiger partial charge in [0.25, 0.3) is 0 Å². The van der Waals surface area contributed by atoms with Crippen LogP contribution in [0, 0.1) is 11.3 Å². The second-order valence-electron chi connectivity index (χ2n) is 5.22. The van der Waals surface area contributed by atoms with Crippen LogP contribution in [-0.4, -0.2) is 48.6 Å². The van der Waals surface area contributed by atoms with Gasteiger partial charge in [-0.25, -0.2) is 4.79 Å². The van der Waals surface area contributed by atoms with Crippen LogP contribution in [0.3, 0.4) is 0 Å². The lowest BCUT2D eigenvalue weighted by molar-refractivity contribution is -0.150. The molecular formula is C11H20N2O3. The molecule has 1 heterocycles. The number of aliphatic carboxylic acids is 1. The van der Waals surface area contributed by atoms with Gasteiger partial charge in [0.05, 0.1) is 0 Å². The molecule has 1 fully saturated rings. The predicted molar refractivity (Wildman–Crippen MR) is 60.0 cm³/mol. The maximum atomic E-state index is 10.9. The summed E-state index contributed by atoms with van der Waals surface area (Å²) >= 11 is 0. The largest absolute Gasteiger partial charge is 0.474 e. The number of rotatable bonds is 3. The van der Waals surface area contributed by atoms with E-state index in [9.17, 15) is 9.59 Å². The molecule has 1 amide bonds. The van der Waals surface area contributed by atoms with Crippen molar-refractivity contribution < 1.29 is 14.7 Å². The van der Waals surface area contributed by atoms with Gasteiger partial charge in [-0.15, -0.1) is 0 Å². The van der Waals surface area contributed by atoms with Gasteiger partial charge in [-0.1, -0.05) is 13.8 Å². The van der Waals surface area contributed by atoms with Crippen molar-refractivity contribution in [3.8, 4) is 0 Å². The van der Waals surface area contributed by atoms with Gasteiger partial charge in [0, 0.05) is 13.1 Å². The zero-order valence-electron chi connectivity index (χ0n) is 10.1. The summed E-state index contributed by atoms with van der Waals surface area (Å²) in [4.78, 5) is 23.6. The molecule has 0 radical (unpaired) electrons. The Labute approximate surface area is 95.8 Å². The van der Waals surface area contributed by atoms with Crippen molar-refractivity contribution in [3.63, 3.8) is 0 Å². The maximum absolute atomic E-state index is 10.9. The fourth-order valence-corrected chi connectivity index (χ4v) is 2.10. The van der Waals surface area contributed by atoms with Gasteiger partial charge < -0.3 is 15.3 Å². The second kappa shape index (κ2) is 4.82. The Bertz CT molecular complexity index is 289. The minimum atomic E-state index is -1.42. The van der Waals surface area contributed by atoms with E-state index in [-0.39, 0.29) is 5.41 Å². The molecule has 0 aromatic rings. The molecule has 1 aliphatic rings. The van der Waals surface area contributed by atoms with Crippen molar-refractivity contribution in [2.45, 2.75) is 20.3 Å².